The number of hydrogen-bond donors (Lipinski definition) is 0. The molecule has 1 rings (SSSR count). The Bertz CT molecular complexity index is 233. The lowest BCUT2D eigenvalue weighted by atomic mass is 10.4. The van der Waals surface area contributed by atoms with Gasteiger partial charge in [-0.3, -0.25) is 4.98 Å². The monoisotopic (exact) mass is 211 g/mol. The molecule has 0 atom stereocenters. The molecule has 13 heavy (non-hydrogen) atoms. The van der Waals surface area contributed by atoms with Gasteiger partial charge in [0.1, 0.15) is 0 Å². The third kappa shape index (κ3) is 9.14. The number of nitrogens with zero attached hydrogens (tertiary/aromatic N) is 1. The van der Waals surface area contributed by atoms with Crippen LogP contribution in [0.4, 0.5) is 13.2 Å². The molecular formula is C8H9ClF3N. The van der Waals surface area contributed by atoms with Crippen LogP contribution in [0.5, 0.6) is 0 Å². The van der Waals surface area contributed by atoms with Gasteiger partial charge in [-0.05, 0) is 19.1 Å². The van der Waals surface area contributed by atoms with E-state index in [1.807, 2.05) is 19.1 Å². The highest BCUT2D eigenvalue weighted by atomic mass is 35.5. The molecule has 1 heterocycles. The van der Waals surface area contributed by atoms with Crippen LogP contribution in [-0.4, -0.2) is 11.2 Å². The van der Waals surface area contributed by atoms with Crippen molar-refractivity contribution in [2.75, 3.05) is 0 Å². The smallest absolute Gasteiger partial charge is 0.260 e. The van der Waals surface area contributed by atoms with Gasteiger partial charge in [-0.1, -0.05) is 11.6 Å². The third-order valence-electron chi connectivity index (χ3n) is 0.942. The molecule has 5 heteroatoms. The van der Waals surface area contributed by atoms with Gasteiger partial charge in [0, 0.05) is 13.1 Å². The summed E-state index contributed by atoms with van der Waals surface area (Å²) in [5.41, 5.74) is 0.883. The minimum absolute atomic E-state index is 0.188. The quantitative estimate of drug-likeness (QED) is 0.639. The first kappa shape index (κ1) is 12.2. The molecule has 0 aliphatic carbocycles. The van der Waals surface area contributed by atoms with Crippen molar-refractivity contribution in [1.29, 1.82) is 0 Å². The van der Waals surface area contributed by atoms with Crippen LogP contribution in [0.3, 0.4) is 0 Å². The Morgan fingerprint density at radius 1 is 1.38 bits per heavy atom. The van der Waals surface area contributed by atoms with Crippen LogP contribution in [0.25, 0.3) is 0 Å². The van der Waals surface area contributed by atoms with E-state index in [0.717, 1.165) is 10.7 Å². The molecule has 1 aromatic rings. The first-order chi connectivity index (χ1) is 5.80. The van der Waals surface area contributed by atoms with E-state index in [1.165, 1.54) is 0 Å². The van der Waals surface area contributed by atoms with Gasteiger partial charge in [0.05, 0.1) is 10.7 Å². The number of pyridine rings is 1. The molecule has 0 aliphatic rings. The zero-order chi connectivity index (χ0) is 10.5. The molecule has 0 unspecified atom stereocenters. The number of halogens is 4. The fourth-order valence-corrected chi connectivity index (χ4v) is 0.586. The lowest BCUT2D eigenvalue weighted by Gasteiger charge is -1.90. The summed E-state index contributed by atoms with van der Waals surface area (Å²) < 4.78 is 31.1. The van der Waals surface area contributed by atoms with E-state index >= 15 is 0 Å². The Morgan fingerprint density at radius 3 is 2.08 bits per heavy atom. The Labute approximate surface area is 79.6 Å². The van der Waals surface area contributed by atoms with Crippen molar-refractivity contribution < 1.29 is 13.2 Å². The van der Waals surface area contributed by atoms with Crippen molar-refractivity contribution in [3.63, 3.8) is 0 Å². The maximum atomic E-state index is 10.4. The summed E-state index contributed by atoms with van der Waals surface area (Å²) in [5, 5.41) is 0.729. The molecule has 0 spiro atoms. The van der Waals surface area contributed by atoms with Crippen LogP contribution in [0.2, 0.25) is 5.02 Å². The van der Waals surface area contributed by atoms with Crippen molar-refractivity contribution in [3.8, 4) is 0 Å². The van der Waals surface area contributed by atoms with Crippen LogP contribution in [0.15, 0.2) is 18.3 Å². The standard InChI is InChI=1S/C6H6ClN.C2H3F3/c1-5-6(7)3-2-4-8-5;1-2(3,4)5/h2-4H,1H3;1H3. The number of aromatic nitrogens is 1. The summed E-state index contributed by atoms with van der Waals surface area (Å²) in [5.74, 6) is 0. The van der Waals surface area contributed by atoms with Crippen LogP contribution in [0.1, 0.15) is 12.6 Å². The van der Waals surface area contributed by atoms with Gasteiger partial charge >= 0.3 is 6.18 Å². The second-order valence-corrected chi connectivity index (χ2v) is 2.76. The fraction of sp³-hybridized carbons (Fsp3) is 0.375. The summed E-state index contributed by atoms with van der Waals surface area (Å²) in [4.78, 5) is 3.95. The van der Waals surface area contributed by atoms with Gasteiger partial charge in [0.25, 0.3) is 0 Å². The topological polar surface area (TPSA) is 12.9 Å². The predicted octanol–water partition coefficient (Wildman–Crippen LogP) is 3.61. The van der Waals surface area contributed by atoms with Gasteiger partial charge < -0.3 is 0 Å². The van der Waals surface area contributed by atoms with Crippen LogP contribution < -0.4 is 0 Å². The molecule has 1 nitrogen and oxygen atoms in total. The normalized spacial score (nSPS) is 10.3. The average molecular weight is 212 g/mol. The summed E-state index contributed by atoms with van der Waals surface area (Å²) in [6.07, 6.45) is -2.28. The first-order valence-electron chi connectivity index (χ1n) is 3.44. The van der Waals surface area contributed by atoms with Gasteiger partial charge in [-0.15, -0.1) is 0 Å². The highest BCUT2D eigenvalue weighted by Crippen LogP contribution is 2.10. The molecule has 0 amide bonds. The third-order valence-corrected chi connectivity index (χ3v) is 1.34. The minimum atomic E-state index is -4.00. The van der Waals surface area contributed by atoms with Gasteiger partial charge in [0.15, 0.2) is 0 Å². The molecule has 0 saturated carbocycles. The molecule has 0 aromatic carbocycles. The number of rotatable bonds is 0. The number of hydrogen-bond acceptors (Lipinski definition) is 1. The van der Waals surface area contributed by atoms with Crippen LogP contribution in [-0.2, 0) is 0 Å². The lowest BCUT2D eigenvalue weighted by molar-refractivity contribution is -0.110. The van der Waals surface area contributed by atoms with Crippen molar-refractivity contribution >= 4 is 11.6 Å². The van der Waals surface area contributed by atoms with E-state index in [9.17, 15) is 13.2 Å². The first-order valence-corrected chi connectivity index (χ1v) is 3.82. The Balaban J connectivity index is 0.000000252. The van der Waals surface area contributed by atoms with E-state index in [2.05, 4.69) is 4.98 Å². The highest BCUT2D eigenvalue weighted by Gasteiger charge is 2.15. The van der Waals surface area contributed by atoms with Gasteiger partial charge in [-0.2, -0.15) is 13.2 Å². The lowest BCUT2D eigenvalue weighted by Crippen LogP contribution is -1.95. The molecule has 1 aromatic heterocycles. The van der Waals surface area contributed by atoms with Crippen molar-refractivity contribution in [1.82, 2.24) is 4.98 Å². The van der Waals surface area contributed by atoms with Crippen LogP contribution in [0, 0.1) is 6.92 Å². The zero-order valence-electron chi connectivity index (χ0n) is 7.19. The fourth-order valence-electron chi connectivity index (χ4n) is 0.465. The van der Waals surface area contributed by atoms with Gasteiger partial charge in [0.2, 0.25) is 0 Å². The highest BCUT2D eigenvalue weighted by molar-refractivity contribution is 6.31. The Kier molecular flexibility index (Phi) is 4.77. The number of aryl methyl sites for hydroxylation is 1. The van der Waals surface area contributed by atoms with E-state index in [4.69, 9.17) is 11.6 Å². The summed E-state index contributed by atoms with van der Waals surface area (Å²) >= 11 is 5.65. The molecule has 0 fully saturated rings. The molecule has 0 N–H and O–H groups in total. The second kappa shape index (κ2) is 5.07. The van der Waals surface area contributed by atoms with Gasteiger partial charge in [-0.25, -0.2) is 0 Å². The molecular weight excluding hydrogens is 203 g/mol. The van der Waals surface area contributed by atoms with E-state index in [0.29, 0.717) is 0 Å². The Morgan fingerprint density at radius 2 is 1.85 bits per heavy atom. The SMILES string of the molecule is CC(F)(F)F.Cc1ncccc1Cl. The molecule has 0 aliphatic heterocycles. The van der Waals surface area contributed by atoms with E-state index in [-0.39, 0.29) is 6.92 Å². The zero-order valence-corrected chi connectivity index (χ0v) is 7.95. The van der Waals surface area contributed by atoms with Crippen molar-refractivity contribution in [2.45, 2.75) is 20.0 Å². The predicted molar refractivity (Wildman–Crippen MR) is 45.7 cm³/mol. The molecule has 0 bridgehead atoms. The molecule has 0 saturated heterocycles. The summed E-state index contributed by atoms with van der Waals surface area (Å²) in [6, 6.07) is 3.64. The maximum absolute atomic E-state index is 10.4. The van der Waals surface area contributed by atoms with E-state index in [1.54, 1.807) is 6.20 Å². The summed E-state index contributed by atoms with van der Waals surface area (Å²) in [7, 11) is 0. The number of alkyl halides is 3. The maximum Gasteiger partial charge on any atom is 0.386 e. The molecule has 0 radical (unpaired) electrons. The Hall–Kier alpha value is -0.770. The summed E-state index contributed by atoms with van der Waals surface area (Å²) in [6.45, 7) is 2.06. The van der Waals surface area contributed by atoms with E-state index < -0.39 is 6.18 Å². The largest absolute Gasteiger partial charge is 0.386 e. The van der Waals surface area contributed by atoms with Crippen molar-refractivity contribution in [2.24, 2.45) is 0 Å². The minimum Gasteiger partial charge on any atom is -0.260 e. The average Bonchev–Trinajstić information content (AvgIpc) is 1.92. The van der Waals surface area contributed by atoms with Crippen molar-refractivity contribution in [3.05, 3.63) is 29.0 Å². The second-order valence-electron chi connectivity index (χ2n) is 2.35. The molecule has 74 valence electrons. The van der Waals surface area contributed by atoms with Crippen LogP contribution >= 0.6 is 11.6 Å².